The zero-order chi connectivity index (χ0) is 41.0. The molecule has 2 heteroatoms. The van der Waals surface area contributed by atoms with E-state index >= 15 is 0 Å². The van der Waals surface area contributed by atoms with Crippen molar-refractivity contribution in [2.75, 3.05) is 4.90 Å². The minimum absolute atomic E-state index is 0.879. The lowest BCUT2D eigenvalue weighted by molar-refractivity contribution is 0.669. The Balaban J connectivity index is 1.03. The standard InChI is InChI=1S/C60H39NO/c1-3-14-41(15-4-1)51-34-30-46(37-55(51)42-16-5-2-6-17-42)40-28-31-48(32-29-40)61(49-33-35-52-47(36-49)27-26-43-18-9-10-21-50(43)52)57-24-12-11-22-53(57)54-23-13-25-58-60(54)56-38-44-19-7-8-20-45(44)39-59(56)62-58/h1-39H. The molecule has 0 bridgehead atoms. The number of hydrogen-bond acceptors (Lipinski definition) is 2. The number of anilines is 3. The van der Waals surface area contributed by atoms with Crippen LogP contribution in [0.4, 0.5) is 17.1 Å². The summed E-state index contributed by atoms with van der Waals surface area (Å²) in [4.78, 5) is 2.41. The van der Waals surface area contributed by atoms with Crippen LogP contribution >= 0.6 is 0 Å². The zero-order valence-corrected chi connectivity index (χ0v) is 33.9. The second kappa shape index (κ2) is 14.8. The van der Waals surface area contributed by atoms with Crippen LogP contribution in [0.5, 0.6) is 0 Å². The van der Waals surface area contributed by atoms with E-state index in [0.29, 0.717) is 0 Å². The highest BCUT2D eigenvalue weighted by Gasteiger charge is 2.21. The summed E-state index contributed by atoms with van der Waals surface area (Å²) in [5.74, 6) is 0. The molecule has 0 amide bonds. The highest BCUT2D eigenvalue weighted by Crippen LogP contribution is 2.46. The van der Waals surface area contributed by atoms with E-state index in [0.717, 1.165) is 55.7 Å². The molecule has 0 fully saturated rings. The Hall–Kier alpha value is -8.20. The summed E-state index contributed by atoms with van der Waals surface area (Å²) in [5, 5.41) is 9.54. The predicted octanol–water partition coefficient (Wildman–Crippen LogP) is 17.2. The van der Waals surface area contributed by atoms with Crippen molar-refractivity contribution >= 4 is 71.3 Å². The number of hydrogen-bond donors (Lipinski definition) is 0. The lowest BCUT2D eigenvalue weighted by Crippen LogP contribution is -2.11. The number of furan rings is 1. The fraction of sp³-hybridized carbons (Fsp3) is 0. The van der Waals surface area contributed by atoms with Gasteiger partial charge in [0, 0.05) is 27.7 Å². The molecule has 0 saturated heterocycles. The first-order chi connectivity index (χ1) is 30.7. The highest BCUT2D eigenvalue weighted by atomic mass is 16.3. The molecule has 1 heterocycles. The summed E-state index contributed by atoms with van der Waals surface area (Å²) in [6.45, 7) is 0. The van der Waals surface area contributed by atoms with E-state index in [2.05, 4.69) is 241 Å². The molecule has 0 N–H and O–H groups in total. The van der Waals surface area contributed by atoms with Crippen molar-refractivity contribution in [1.82, 2.24) is 0 Å². The summed E-state index contributed by atoms with van der Waals surface area (Å²) in [6.07, 6.45) is 0. The van der Waals surface area contributed by atoms with Gasteiger partial charge in [0.05, 0.1) is 5.69 Å². The molecule has 12 aromatic rings. The number of para-hydroxylation sites is 1. The van der Waals surface area contributed by atoms with Crippen LogP contribution in [0.15, 0.2) is 241 Å². The summed E-state index contributed by atoms with van der Waals surface area (Å²) < 4.78 is 6.59. The van der Waals surface area contributed by atoms with E-state index in [1.54, 1.807) is 0 Å². The Bertz CT molecular complexity index is 3620. The molecule has 11 aromatic carbocycles. The Morgan fingerprint density at radius 1 is 0.274 bits per heavy atom. The summed E-state index contributed by atoms with van der Waals surface area (Å²) in [7, 11) is 0. The maximum atomic E-state index is 6.59. The van der Waals surface area contributed by atoms with E-state index in [-0.39, 0.29) is 0 Å². The fourth-order valence-corrected chi connectivity index (χ4v) is 9.45. The zero-order valence-electron chi connectivity index (χ0n) is 33.9. The quantitative estimate of drug-likeness (QED) is 0.150. The Morgan fingerprint density at radius 2 is 0.887 bits per heavy atom. The molecule has 0 aliphatic carbocycles. The van der Waals surface area contributed by atoms with E-state index in [4.69, 9.17) is 4.42 Å². The molecule has 12 rings (SSSR count). The molecule has 0 saturated carbocycles. The second-order valence-corrected chi connectivity index (χ2v) is 16.1. The molecule has 62 heavy (non-hydrogen) atoms. The van der Waals surface area contributed by atoms with Gasteiger partial charge in [-0.15, -0.1) is 0 Å². The Labute approximate surface area is 360 Å². The van der Waals surface area contributed by atoms with Gasteiger partial charge in [0.25, 0.3) is 0 Å². The summed E-state index contributed by atoms with van der Waals surface area (Å²) in [6, 6.07) is 85.5. The molecule has 290 valence electrons. The van der Waals surface area contributed by atoms with E-state index in [1.807, 2.05) is 0 Å². The molecule has 0 radical (unpaired) electrons. The number of nitrogens with zero attached hydrogens (tertiary/aromatic N) is 1. The lowest BCUT2D eigenvalue weighted by Gasteiger charge is -2.28. The largest absolute Gasteiger partial charge is 0.456 e. The summed E-state index contributed by atoms with van der Waals surface area (Å²) in [5.41, 5.74) is 14.4. The molecule has 0 unspecified atom stereocenters. The predicted molar refractivity (Wildman–Crippen MR) is 263 cm³/mol. The third-order valence-corrected chi connectivity index (χ3v) is 12.4. The average Bonchev–Trinajstić information content (AvgIpc) is 3.71. The molecule has 1 aromatic heterocycles. The lowest BCUT2D eigenvalue weighted by atomic mass is 9.91. The van der Waals surface area contributed by atoms with Crippen LogP contribution in [0.3, 0.4) is 0 Å². The normalized spacial score (nSPS) is 11.5. The van der Waals surface area contributed by atoms with Crippen molar-refractivity contribution in [2.24, 2.45) is 0 Å². The van der Waals surface area contributed by atoms with E-state index in [1.165, 1.54) is 60.1 Å². The van der Waals surface area contributed by atoms with Gasteiger partial charge in [-0.25, -0.2) is 0 Å². The van der Waals surface area contributed by atoms with Gasteiger partial charge in [-0.05, 0) is 126 Å². The van der Waals surface area contributed by atoms with Crippen molar-refractivity contribution in [3.63, 3.8) is 0 Å². The average molecular weight is 790 g/mol. The van der Waals surface area contributed by atoms with Gasteiger partial charge in [-0.2, -0.15) is 0 Å². The minimum atomic E-state index is 0.879. The minimum Gasteiger partial charge on any atom is -0.456 e. The van der Waals surface area contributed by atoms with Crippen LogP contribution in [-0.2, 0) is 0 Å². The van der Waals surface area contributed by atoms with Crippen LogP contribution in [-0.4, -0.2) is 0 Å². The molecular formula is C60H39NO. The van der Waals surface area contributed by atoms with Gasteiger partial charge >= 0.3 is 0 Å². The molecule has 0 aliphatic rings. The van der Waals surface area contributed by atoms with Crippen molar-refractivity contribution in [3.05, 3.63) is 237 Å². The molecule has 0 atom stereocenters. The number of fused-ring (bicyclic) bond motifs is 7. The van der Waals surface area contributed by atoms with Gasteiger partial charge < -0.3 is 9.32 Å². The van der Waals surface area contributed by atoms with Crippen LogP contribution in [0, 0.1) is 0 Å². The van der Waals surface area contributed by atoms with Crippen molar-refractivity contribution < 1.29 is 4.42 Å². The maximum absolute atomic E-state index is 6.59. The van der Waals surface area contributed by atoms with Crippen LogP contribution in [0.2, 0.25) is 0 Å². The smallest absolute Gasteiger partial charge is 0.136 e. The molecule has 2 nitrogen and oxygen atoms in total. The van der Waals surface area contributed by atoms with E-state index < -0.39 is 0 Å². The van der Waals surface area contributed by atoms with Gasteiger partial charge in [0.1, 0.15) is 11.2 Å². The first-order valence-corrected chi connectivity index (χ1v) is 21.2. The number of rotatable bonds is 7. The second-order valence-electron chi connectivity index (χ2n) is 16.1. The topological polar surface area (TPSA) is 16.4 Å². The van der Waals surface area contributed by atoms with E-state index in [9.17, 15) is 0 Å². The van der Waals surface area contributed by atoms with Gasteiger partial charge in [-0.3, -0.25) is 0 Å². The summed E-state index contributed by atoms with van der Waals surface area (Å²) >= 11 is 0. The molecular weight excluding hydrogens is 751 g/mol. The van der Waals surface area contributed by atoms with Gasteiger partial charge in [0.15, 0.2) is 0 Å². The van der Waals surface area contributed by atoms with Crippen LogP contribution in [0.1, 0.15) is 0 Å². The molecule has 0 spiro atoms. The SMILES string of the molecule is c1ccc(-c2ccc(-c3ccc(N(c4ccc5c(ccc6ccccc65)c4)c4ccccc4-c4cccc5oc6cc7ccccc7cc6c45)cc3)cc2-c2ccccc2)cc1. The van der Waals surface area contributed by atoms with Crippen molar-refractivity contribution in [1.29, 1.82) is 0 Å². The van der Waals surface area contributed by atoms with Crippen molar-refractivity contribution in [2.45, 2.75) is 0 Å². The third-order valence-electron chi connectivity index (χ3n) is 12.4. The fourth-order valence-electron chi connectivity index (χ4n) is 9.45. The first-order valence-electron chi connectivity index (χ1n) is 21.2. The number of benzene rings is 11. The van der Waals surface area contributed by atoms with Crippen LogP contribution < -0.4 is 4.90 Å². The van der Waals surface area contributed by atoms with Crippen molar-refractivity contribution in [3.8, 4) is 44.5 Å². The highest BCUT2D eigenvalue weighted by molar-refractivity contribution is 6.17. The monoisotopic (exact) mass is 789 g/mol. The van der Waals surface area contributed by atoms with Crippen LogP contribution in [0.25, 0.3) is 98.8 Å². The maximum Gasteiger partial charge on any atom is 0.136 e. The molecule has 0 aliphatic heterocycles. The first kappa shape index (κ1) is 35.7. The van der Waals surface area contributed by atoms with Gasteiger partial charge in [-0.1, -0.05) is 182 Å². The Morgan fingerprint density at radius 3 is 1.69 bits per heavy atom. The van der Waals surface area contributed by atoms with Gasteiger partial charge in [0.2, 0.25) is 0 Å². The third kappa shape index (κ3) is 6.12. The Kier molecular flexibility index (Phi) is 8.53.